The van der Waals surface area contributed by atoms with Crippen molar-refractivity contribution in [2.24, 2.45) is 5.73 Å². The number of nitrogens with two attached hydrogens (primary N) is 1. The van der Waals surface area contributed by atoms with Crippen LogP contribution in [0.1, 0.15) is 24.5 Å². The van der Waals surface area contributed by atoms with Crippen LogP contribution in [0.15, 0.2) is 36.4 Å². The second kappa shape index (κ2) is 6.68. The Morgan fingerprint density at radius 1 is 1.10 bits per heavy atom. The molecule has 2 nitrogen and oxygen atoms in total. The van der Waals surface area contributed by atoms with Crippen molar-refractivity contribution in [3.63, 3.8) is 0 Å². The average molecular weight is 291 g/mol. The van der Waals surface area contributed by atoms with Gasteiger partial charge in [-0.3, -0.25) is 0 Å². The summed E-state index contributed by atoms with van der Waals surface area (Å²) in [5.74, 6) is -0.463. The smallest absolute Gasteiger partial charge is 0.165 e. The van der Waals surface area contributed by atoms with E-state index in [0.29, 0.717) is 17.7 Å². The minimum absolute atomic E-state index is 0.0897. The van der Waals surface area contributed by atoms with Crippen molar-refractivity contribution in [3.05, 3.63) is 59.2 Å². The molecule has 4 heteroatoms. The standard InChI is InChI=1S/C17H19F2NO/c1-3-12(20)10-13-14(18)5-4-6-16(13)21-17-9-11(2)7-8-15(17)19/h4-9,12H,3,10,20H2,1-2H3. The van der Waals surface area contributed by atoms with Crippen LogP contribution in [0.3, 0.4) is 0 Å². The van der Waals surface area contributed by atoms with Crippen molar-refractivity contribution in [3.8, 4) is 11.5 Å². The Hall–Kier alpha value is -1.94. The largest absolute Gasteiger partial charge is 0.454 e. The maximum Gasteiger partial charge on any atom is 0.165 e. The highest BCUT2D eigenvalue weighted by Gasteiger charge is 2.15. The van der Waals surface area contributed by atoms with Crippen LogP contribution < -0.4 is 10.5 Å². The van der Waals surface area contributed by atoms with Gasteiger partial charge in [-0.25, -0.2) is 8.78 Å². The third-order valence-corrected chi connectivity index (χ3v) is 3.37. The fourth-order valence-electron chi connectivity index (χ4n) is 2.05. The summed E-state index contributed by atoms with van der Waals surface area (Å²) < 4.78 is 33.3. The van der Waals surface area contributed by atoms with E-state index in [4.69, 9.17) is 10.5 Å². The number of hydrogen-bond acceptors (Lipinski definition) is 2. The van der Waals surface area contributed by atoms with Gasteiger partial charge in [0.1, 0.15) is 11.6 Å². The van der Waals surface area contributed by atoms with E-state index in [9.17, 15) is 8.78 Å². The summed E-state index contributed by atoms with van der Waals surface area (Å²) in [5, 5.41) is 0. The fourth-order valence-corrected chi connectivity index (χ4v) is 2.05. The lowest BCUT2D eigenvalue weighted by atomic mass is 10.0. The molecule has 0 saturated carbocycles. The van der Waals surface area contributed by atoms with Gasteiger partial charge in [-0.15, -0.1) is 0 Å². The molecule has 0 aliphatic carbocycles. The summed E-state index contributed by atoms with van der Waals surface area (Å²) in [5.41, 5.74) is 7.15. The lowest BCUT2D eigenvalue weighted by Gasteiger charge is -2.15. The van der Waals surface area contributed by atoms with Crippen LogP contribution >= 0.6 is 0 Å². The van der Waals surface area contributed by atoms with E-state index in [2.05, 4.69) is 0 Å². The Bertz CT molecular complexity index is 628. The molecule has 1 atom stereocenters. The molecule has 0 radical (unpaired) electrons. The molecule has 112 valence electrons. The SMILES string of the molecule is CCC(N)Cc1c(F)cccc1Oc1cc(C)ccc1F. The predicted molar refractivity (Wildman–Crippen MR) is 79.6 cm³/mol. The minimum atomic E-state index is -0.476. The molecule has 0 aliphatic rings. The zero-order chi connectivity index (χ0) is 15.4. The Morgan fingerprint density at radius 2 is 1.86 bits per heavy atom. The summed E-state index contributed by atoms with van der Waals surface area (Å²) in [7, 11) is 0. The first-order valence-corrected chi connectivity index (χ1v) is 6.98. The fraction of sp³-hybridized carbons (Fsp3) is 0.294. The van der Waals surface area contributed by atoms with E-state index in [1.165, 1.54) is 12.1 Å². The van der Waals surface area contributed by atoms with E-state index >= 15 is 0 Å². The molecule has 0 aromatic heterocycles. The van der Waals surface area contributed by atoms with Crippen molar-refractivity contribution in [2.75, 3.05) is 0 Å². The van der Waals surface area contributed by atoms with Gasteiger partial charge in [-0.1, -0.05) is 19.1 Å². The van der Waals surface area contributed by atoms with Gasteiger partial charge in [0.05, 0.1) is 0 Å². The molecule has 0 amide bonds. The van der Waals surface area contributed by atoms with E-state index in [-0.39, 0.29) is 17.6 Å². The number of rotatable bonds is 5. The lowest BCUT2D eigenvalue weighted by Crippen LogP contribution is -2.22. The predicted octanol–water partition coefficient (Wildman–Crippen LogP) is 4.35. The first-order valence-electron chi connectivity index (χ1n) is 6.98. The molecule has 2 aromatic rings. The Kier molecular flexibility index (Phi) is 4.91. The molecular weight excluding hydrogens is 272 g/mol. The Balaban J connectivity index is 2.35. The summed E-state index contributed by atoms with van der Waals surface area (Å²) in [6, 6.07) is 8.94. The first-order chi connectivity index (χ1) is 10.0. The highest BCUT2D eigenvalue weighted by Crippen LogP contribution is 2.30. The summed E-state index contributed by atoms with van der Waals surface area (Å²) in [6.45, 7) is 3.78. The van der Waals surface area contributed by atoms with Gasteiger partial charge in [0.2, 0.25) is 0 Å². The number of aryl methyl sites for hydroxylation is 1. The normalized spacial score (nSPS) is 12.2. The number of benzene rings is 2. The van der Waals surface area contributed by atoms with Crippen LogP contribution in [0.2, 0.25) is 0 Å². The summed E-state index contributed by atoms with van der Waals surface area (Å²) in [4.78, 5) is 0. The molecule has 0 fully saturated rings. The van der Waals surface area contributed by atoms with Gasteiger partial charge in [-0.2, -0.15) is 0 Å². The third kappa shape index (κ3) is 3.79. The average Bonchev–Trinajstić information content (AvgIpc) is 2.46. The van der Waals surface area contributed by atoms with Gasteiger partial charge in [0.25, 0.3) is 0 Å². The highest BCUT2D eigenvalue weighted by molar-refractivity contribution is 5.40. The second-order valence-electron chi connectivity index (χ2n) is 5.12. The van der Waals surface area contributed by atoms with Crippen molar-refractivity contribution in [1.82, 2.24) is 0 Å². The number of hydrogen-bond donors (Lipinski definition) is 1. The molecule has 0 spiro atoms. The van der Waals surface area contributed by atoms with Gasteiger partial charge in [0, 0.05) is 11.6 Å². The van der Waals surface area contributed by atoms with Crippen LogP contribution in [0.5, 0.6) is 11.5 Å². The van der Waals surface area contributed by atoms with E-state index in [1.807, 2.05) is 13.8 Å². The van der Waals surface area contributed by atoms with Crippen molar-refractivity contribution >= 4 is 0 Å². The van der Waals surface area contributed by atoms with Crippen LogP contribution in [0.4, 0.5) is 8.78 Å². The summed E-state index contributed by atoms with van der Waals surface area (Å²) in [6.07, 6.45) is 1.08. The zero-order valence-corrected chi connectivity index (χ0v) is 12.2. The molecule has 2 rings (SSSR count). The maximum absolute atomic E-state index is 14.0. The van der Waals surface area contributed by atoms with Crippen LogP contribution in [0.25, 0.3) is 0 Å². The lowest BCUT2D eigenvalue weighted by molar-refractivity contribution is 0.428. The number of ether oxygens (including phenoxy) is 1. The Morgan fingerprint density at radius 3 is 2.57 bits per heavy atom. The molecule has 0 heterocycles. The molecule has 2 aromatic carbocycles. The van der Waals surface area contributed by atoms with E-state index < -0.39 is 5.82 Å². The number of halogens is 2. The Labute approximate surface area is 123 Å². The molecule has 2 N–H and O–H groups in total. The van der Waals surface area contributed by atoms with Gasteiger partial charge in [0.15, 0.2) is 11.6 Å². The van der Waals surface area contributed by atoms with E-state index in [0.717, 1.165) is 12.0 Å². The molecule has 0 bridgehead atoms. The topological polar surface area (TPSA) is 35.2 Å². The molecule has 0 aliphatic heterocycles. The van der Waals surface area contributed by atoms with E-state index in [1.54, 1.807) is 24.3 Å². The zero-order valence-electron chi connectivity index (χ0n) is 12.2. The maximum atomic E-state index is 14.0. The van der Waals surface area contributed by atoms with Crippen molar-refractivity contribution < 1.29 is 13.5 Å². The van der Waals surface area contributed by atoms with Gasteiger partial charge in [-0.05, 0) is 49.6 Å². The first kappa shape index (κ1) is 15.4. The molecule has 0 saturated heterocycles. The highest BCUT2D eigenvalue weighted by atomic mass is 19.1. The van der Waals surface area contributed by atoms with Gasteiger partial charge >= 0.3 is 0 Å². The van der Waals surface area contributed by atoms with Crippen molar-refractivity contribution in [1.29, 1.82) is 0 Å². The molecule has 21 heavy (non-hydrogen) atoms. The quantitative estimate of drug-likeness (QED) is 0.889. The monoisotopic (exact) mass is 291 g/mol. The van der Waals surface area contributed by atoms with Crippen LogP contribution in [-0.4, -0.2) is 6.04 Å². The van der Waals surface area contributed by atoms with Crippen molar-refractivity contribution in [2.45, 2.75) is 32.7 Å². The van der Waals surface area contributed by atoms with Gasteiger partial charge < -0.3 is 10.5 Å². The minimum Gasteiger partial charge on any atom is -0.454 e. The molecular formula is C17H19F2NO. The second-order valence-corrected chi connectivity index (χ2v) is 5.12. The summed E-state index contributed by atoms with van der Waals surface area (Å²) >= 11 is 0. The van der Waals surface area contributed by atoms with Crippen LogP contribution in [0, 0.1) is 18.6 Å². The third-order valence-electron chi connectivity index (χ3n) is 3.37. The molecule has 1 unspecified atom stereocenters. The van der Waals surface area contributed by atoms with Crippen LogP contribution in [-0.2, 0) is 6.42 Å².